The molecule has 1 aromatic carbocycles. The maximum atomic E-state index is 12.6. The van der Waals surface area contributed by atoms with Gasteiger partial charge in [-0.15, -0.1) is 0 Å². The zero-order valence-corrected chi connectivity index (χ0v) is 12.6. The molecule has 3 rings (SSSR count). The van der Waals surface area contributed by atoms with Crippen LogP contribution in [0.15, 0.2) is 17.7 Å². The maximum Gasteiger partial charge on any atom is 0.189 e. The average Bonchev–Trinajstić information content (AvgIpc) is 2.82. The summed E-state index contributed by atoms with van der Waals surface area (Å²) in [7, 11) is 3.20. The second-order valence-electron chi connectivity index (χ2n) is 5.69. The molecule has 0 saturated carbocycles. The number of Topliss-reactive ketones (excluding diaryl/α,β-unsaturated/α-hetero) is 1. The summed E-state index contributed by atoms with van der Waals surface area (Å²) in [6.07, 6.45) is 5.18. The number of hydrogen-bond acceptors (Lipinski definition) is 4. The van der Waals surface area contributed by atoms with Crippen LogP contribution in [0.25, 0.3) is 6.08 Å². The van der Waals surface area contributed by atoms with Gasteiger partial charge in [0.25, 0.3) is 0 Å². The van der Waals surface area contributed by atoms with Crippen LogP contribution in [0.1, 0.15) is 35.2 Å². The number of rotatable bonds is 4. The molecule has 0 unspecified atom stereocenters. The number of hydrogen-bond donors (Lipinski definition) is 1. The van der Waals surface area contributed by atoms with E-state index in [1.165, 1.54) is 0 Å². The molecule has 1 aliphatic heterocycles. The number of nitrogens with one attached hydrogen (secondary N) is 1. The molecule has 2 aliphatic rings. The number of ether oxygens (including phenoxy) is 2. The standard InChI is InChI=1S/C17H21NO3/c1-20-15-9-12-8-13(7-11-3-5-18-6-4-11)17(19)14(12)10-16(15)21-2/h8-11,18H,3-7H2,1-2H3. The topological polar surface area (TPSA) is 47.6 Å². The van der Waals surface area contributed by atoms with Crippen LogP contribution in [-0.2, 0) is 0 Å². The van der Waals surface area contributed by atoms with E-state index in [4.69, 9.17) is 9.47 Å². The molecule has 0 amide bonds. The zero-order valence-electron chi connectivity index (χ0n) is 12.6. The average molecular weight is 287 g/mol. The van der Waals surface area contributed by atoms with Gasteiger partial charge in [-0.1, -0.05) is 0 Å². The Bertz CT molecular complexity index is 586. The number of methoxy groups -OCH3 is 2. The first-order chi connectivity index (χ1) is 10.2. The number of allylic oxidation sites excluding steroid dienone is 1. The third-order valence-corrected chi connectivity index (χ3v) is 4.39. The second kappa shape index (κ2) is 5.90. The molecular formula is C17H21NO3. The van der Waals surface area contributed by atoms with Crippen molar-refractivity contribution in [3.8, 4) is 11.5 Å². The van der Waals surface area contributed by atoms with Gasteiger partial charge in [-0.2, -0.15) is 0 Å². The third kappa shape index (κ3) is 2.68. The van der Waals surface area contributed by atoms with Crippen LogP contribution in [0.3, 0.4) is 0 Å². The molecule has 0 bridgehead atoms. The van der Waals surface area contributed by atoms with E-state index in [9.17, 15) is 4.79 Å². The van der Waals surface area contributed by atoms with Crippen molar-refractivity contribution in [2.75, 3.05) is 27.3 Å². The molecule has 4 heteroatoms. The lowest BCUT2D eigenvalue weighted by atomic mass is 9.90. The van der Waals surface area contributed by atoms with Gasteiger partial charge in [-0.05, 0) is 62.0 Å². The predicted molar refractivity (Wildman–Crippen MR) is 82.1 cm³/mol. The van der Waals surface area contributed by atoms with Gasteiger partial charge in [-0.25, -0.2) is 0 Å². The fourth-order valence-corrected chi connectivity index (χ4v) is 3.19. The molecule has 112 valence electrons. The number of fused-ring (bicyclic) bond motifs is 1. The van der Waals surface area contributed by atoms with Crippen molar-refractivity contribution in [2.45, 2.75) is 19.3 Å². The first kappa shape index (κ1) is 14.1. The largest absolute Gasteiger partial charge is 0.493 e. The molecule has 1 saturated heterocycles. The molecular weight excluding hydrogens is 266 g/mol. The summed E-state index contributed by atoms with van der Waals surface area (Å²) >= 11 is 0. The van der Waals surface area contributed by atoms with E-state index in [2.05, 4.69) is 5.32 Å². The highest BCUT2D eigenvalue weighted by molar-refractivity contribution is 6.18. The molecule has 1 heterocycles. The summed E-state index contributed by atoms with van der Waals surface area (Å²) < 4.78 is 10.6. The minimum Gasteiger partial charge on any atom is -0.493 e. The molecule has 0 radical (unpaired) electrons. The first-order valence-corrected chi connectivity index (χ1v) is 7.45. The monoisotopic (exact) mass is 287 g/mol. The lowest BCUT2D eigenvalue weighted by Gasteiger charge is -2.22. The summed E-state index contributed by atoms with van der Waals surface area (Å²) in [4.78, 5) is 12.6. The van der Waals surface area contributed by atoms with E-state index < -0.39 is 0 Å². The molecule has 0 atom stereocenters. The Hall–Kier alpha value is -1.81. The van der Waals surface area contributed by atoms with Gasteiger partial charge in [0.1, 0.15) is 0 Å². The Morgan fingerprint density at radius 1 is 1.14 bits per heavy atom. The van der Waals surface area contributed by atoms with Crippen LogP contribution >= 0.6 is 0 Å². The molecule has 21 heavy (non-hydrogen) atoms. The van der Waals surface area contributed by atoms with Gasteiger partial charge in [-0.3, -0.25) is 4.79 Å². The highest BCUT2D eigenvalue weighted by atomic mass is 16.5. The number of carbonyl (C=O) groups is 1. The Labute approximate surface area is 125 Å². The molecule has 4 nitrogen and oxygen atoms in total. The highest BCUT2D eigenvalue weighted by Gasteiger charge is 2.27. The van der Waals surface area contributed by atoms with E-state index in [0.29, 0.717) is 17.4 Å². The van der Waals surface area contributed by atoms with E-state index in [1.54, 1.807) is 20.3 Å². The normalized spacial score (nSPS) is 18.4. The van der Waals surface area contributed by atoms with Crippen LogP contribution in [0.2, 0.25) is 0 Å². The summed E-state index contributed by atoms with van der Waals surface area (Å²) in [5, 5.41) is 3.36. The Morgan fingerprint density at radius 3 is 2.48 bits per heavy atom. The quantitative estimate of drug-likeness (QED) is 0.925. The highest BCUT2D eigenvalue weighted by Crippen LogP contribution is 2.38. The van der Waals surface area contributed by atoms with Gasteiger partial charge in [0.2, 0.25) is 0 Å². The Kier molecular flexibility index (Phi) is 3.97. The molecule has 1 fully saturated rings. The van der Waals surface area contributed by atoms with Gasteiger partial charge >= 0.3 is 0 Å². The van der Waals surface area contributed by atoms with Gasteiger partial charge < -0.3 is 14.8 Å². The Balaban J connectivity index is 1.84. The van der Waals surface area contributed by atoms with Crippen molar-refractivity contribution in [1.82, 2.24) is 5.32 Å². The second-order valence-corrected chi connectivity index (χ2v) is 5.69. The van der Waals surface area contributed by atoms with Crippen LogP contribution in [0, 0.1) is 5.92 Å². The summed E-state index contributed by atoms with van der Waals surface area (Å²) in [6, 6.07) is 3.68. The molecule has 0 spiro atoms. The fraction of sp³-hybridized carbons (Fsp3) is 0.471. The van der Waals surface area contributed by atoms with Gasteiger partial charge in [0, 0.05) is 11.1 Å². The number of carbonyl (C=O) groups excluding carboxylic acids is 1. The minimum atomic E-state index is 0.143. The van der Waals surface area contributed by atoms with E-state index in [1.807, 2.05) is 12.1 Å². The van der Waals surface area contributed by atoms with Crippen LogP contribution < -0.4 is 14.8 Å². The first-order valence-electron chi connectivity index (χ1n) is 7.45. The summed E-state index contributed by atoms with van der Waals surface area (Å²) in [6.45, 7) is 2.11. The number of benzene rings is 1. The number of piperidine rings is 1. The zero-order chi connectivity index (χ0) is 14.8. The molecule has 1 aromatic rings. The van der Waals surface area contributed by atoms with Crippen molar-refractivity contribution in [3.63, 3.8) is 0 Å². The molecule has 1 N–H and O–H groups in total. The third-order valence-electron chi connectivity index (χ3n) is 4.39. The number of ketones is 1. The lowest BCUT2D eigenvalue weighted by molar-refractivity contribution is 0.103. The van der Waals surface area contributed by atoms with Crippen LogP contribution in [0.4, 0.5) is 0 Å². The van der Waals surface area contributed by atoms with Crippen molar-refractivity contribution in [2.24, 2.45) is 5.92 Å². The van der Waals surface area contributed by atoms with E-state index in [-0.39, 0.29) is 5.78 Å². The predicted octanol–water partition coefficient (Wildman–Crippen LogP) is 2.67. The summed E-state index contributed by atoms with van der Waals surface area (Å²) in [5.41, 5.74) is 2.60. The van der Waals surface area contributed by atoms with Crippen LogP contribution in [-0.4, -0.2) is 33.1 Å². The smallest absolute Gasteiger partial charge is 0.189 e. The van der Waals surface area contributed by atoms with Crippen molar-refractivity contribution in [1.29, 1.82) is 0 Å². The molecule has 1 aliphatic carbocycles. The van der Waals surface area contributed by atoms with Crippen molar-refractivity contribution >= 4 is 11.9 Å². The summed E-state index contributed by atoms with van der Waals surface area (Å²) in [5.74, 6) is 2.04. The maximum absolute atomic E-state index is 12.6. The van der Waals surface area contributed by atoms with Crippen molar-refractivity contribution < 1.29 is 14.3 Å². The van der Waals surface area contributed by atoms with Crippen molar-refractivity contribution in [3.05, 3.63) is 28.8 Å². The van der Waals surface area contributed by atoms with E-state index >= 15 is 0 Å². The van der Waals surface area contributed by atoms with Crippen LogP contribution in [0.5, 0.6) is 11.5 Å². The Morgan fingerprint density at radius 2 is 1.81 bits per heavy atom. The van der Waals surface area contributed by atoms with Gasteiger partial charge in [0.15, 0.2) is 17.3 Å². The fourth-order valence-electron chi connectivity index (χ4n) is 3.19. The lowest BCUT2D eigenvalue weighted by Crippen LogP contribution is -2.28. The SMILES string of the molecule is COc1cc2c(cc1OC)C(=O)C(CC1CCNCC1)=C2. The molecule has 0 aromatic heterocycles. The van der Waals surface area contributed by atoms with E-state index in [0.717, 1.165) is 49.1 Å². The minimum absolute atomic E-state index is 0.143. The van der Waals surface area contributed by atoms with Gasteiger partial charge in [0.05, 0.1) is 14.2 Å².